The zero-order valence-electron chi connectivity index (χ0n) is 8.31. The molecule has 2 heterocycles. The number of epoxide rings is 1. The topological polar surface area (TPSA) is 58.7 Å². The highest BCUT2D eigenvalue weighted by Gasteiger charge is 2.47. The van der Waals surface area contributed by atoms with E-state index in [1.807, 2.05) is 6.08 Å². The lowest BCUT2D eigenvalue weighted by molar-refractivity contribution is -0.126. The highest BCUT2D eigenvalue weighted by atomic mass is 16.6. The lowest BCUT2D eigenvalue weighted by atomic mass is 9.75. The van der Waals surface area contributed by atoms with Gasteiger partial charge in [0.1, 0.15) is 0 Å². The van der Waals surface area contributed by atoms with Crippen LogP contribution < -0.4 is 5.32 Å². The Bertz CT molecular complexity index is 346. The van der Waals surface area contributed by atoms with Crippen molar-refractivity contribution in [3.63, 3.8) is 0 Å². The van der Waals surface area contributed by atoms with Crippen molar-refractivity contribution in [2.45, 2.75) is 18.9 Å². The first-order valence-electron chi connectivity index (χ1n) is 5.38. The summed E-state index contributed by atoms with van der Waals surface area (Å²) < 4.78 is 5.17. The van der Waals surface area contributed by atoms with E-state index in [1.54, 1.807) is 0 Å². The first kappa shape index (κ1) is 9.09. The average Bonchev–Trinajstić information content (AvgIpc) is 2.96. The van der Waals surface area contributed by atoms with E-state index in [1.165, 1.54) is 0 Å². The minimum atomic E-state index is -0.147. The predicted octanol–water partition coefficient (Wildman–Crippen LogP) is 0.240. The Balaban J connectivity index is 1.82. The second kappa shape index (κ2) is 3.17. The van der Waals surface area contributed by atoms with Crippen molar-refractivity contribution >= 4 is 11.8 Å². The standard InChI is InChI=1S/C11H13NO3/c13-10-8-3-1-2-6(4-7-5-15-7)9(8)11(14)12-10/h1-2,6-9H,3-5H2,(H,12,13,14). The summed E-state index contributed by atoms with van der Waals surface area (Å²) in [5.41, 5.74) is 0. The number of hydrogen-bond acceptors (Lipinski definition) is 3. The number of amides is 2. The van der Waals surface area contributed by atoms with Crippen molar-refractivity contribution < 1.29 is 14.3 Å². The zero-order chi connectivity index (χ0) is 10.4. The highest BCUT2D eigenvalue weighted by Crippen LogP contribution is 2.38. The minimum Gasteiger partial charge on any atom is -0.373 e. The molecule has 4 unspecified atom stereocenters. The molecule has 0 bridgehead atoms. The number of nitrogens with one attached hydrogen (secondary N) is 1. The van der Waals surface area contributed by atoms with Crippen molar-refractivity contribution in [2.75, 3.05) is 6.61 Å². The largest absolute Gasteiger partial charge is 0.373 e. The van der Waals surface area contributed by atoms with Crippen molar-refractivity contribution in [3.05, 3.63) is 12.2 Å². The fourth-order valence-corrected chi connectivity index (χ4v) is 2.64. The SMILES string of the molecule is O=C1NC(=O)C2C(CC3CO3)C=CCC12. The number of carbonyl (C=O) groups is 2. The summed E-state index contributed by atoms with van der Waals surface area (Å²) in [4.78, 5) is 23.1. The molecule has 0 aromatic heterocycles. The third-order valence-electron chi connectivity index (χ3n) is 3.49. The summed E-state index contributed by atoms with van der Waals surface area (Å²) in [5, 5.41) is 2.42. The van der Waals surface area contributed by atoms with Gasteiger partial charge in [-0.2, -0.15) is 0 Å². The van der Waals surface area contributed by atoms with E-state index in [-0.39, 0.29) is 29.6 Å². The van der Waals surface area contributed by atoms with Crippen LogP contribution in [0.4, 0.5) is 0 Å². The summed E-state index contributed by atoms with van der Waals surface area (Å²) in [5.74, 6) is -0.295. The summed E-state index contributed by atoms with van der Waals surface area (Å²) in [6, 6.07) is 0. The van der Waals surface area contributed by atoms with Gasteiger partial charge in [-0.3, -0.25) is 14.9 Å². The van der Waals surface area contributed by atoms with E-state index >= 15 is 0 Å². The van der Waals surface area contributed by atoms with Gasteiger partial charge in [0.05, 0.1) is 24.5 Å². The molecule has 4 heteroatoms. The van der Waals surface area contributed by atoms with Gasteiger partial charge >= 0.3 is 0 Å². The number of hydrogen-bond donors (Lipinski definition) is 1. The van der Waals surface area contributed by atoms with Crippen LogP contribution in [0.3, 0.4) is 0 Å². The Morgan fingerprint density at radius 1 is 1.40 bits per heavy atom. The number of imide groups is 1. The van der Waals surface area contributed by atoms with Gasteiger partial charge in [0.2, 0.25) is 11.8 Å². The quantitative estimate of drug-likeness (QED) is 0.401. The monoisotopic (exact) mass is 207 g/mol. The molecule has 2 saturated heterocycles. The summed E-state index contributed by atoms with van der Waals surface area (Å²) >= 11 is 0. The molecule has 0 aromatic carbocycles. The lowest BCUT2D eigenvalue weighted by Crippen LogP contribution is -2.29. The van der Waals surface area contributed by atoms with Gasteiger partial charge in [0.15, 0.2) is 0 Å². The average molecular weight is 207 g/mol. The molecule has 0 spiro atoms. The number of fused-ring (bicyclic) bond motifs is 1. The van der Waals surface area contributed by atoms with Crippen LogP contribution in [-0.4, -0.2) is 24.5 Å². The molecule has 2 amide bonds. The fraction of sp³-hybridized carbons (Fsp3) is 0.636. The molecule has 4 atom stereocenters. The second-order valence-electron chi connectivity index (χ2n) is 4.50. The minimum absolute atomic E-state index is 0.0972. The Kier molecular flexibility index (Phi) is 1.92. The van der Waals surface area contributed by atoms with Gasteiger partial charge in [-0.1, -0.05) is 12.2 Å². The van der Waals surface area contributed by atoms with E-state index in [2.05, 4.69) is 11.4 Å². The highest BCUT2D eigenvalue weighted by molar-refractivity contribution is 6.05. The molecule has 4 nitrogen and oxygen atoms in total. The molecular weight excluding hydrogens is 194 g/mol. The van der Waals surface area contributed by atoms with Gasteiger partial charge in [-0.15, -0.1) is 0 Å². The van der Waals surface area contributed by atoms with Crippen LogP contribution in [0.5, 0.6) is 0 Å². The molecular formula is C11H13NO3. The van der Waals surface area contributed by atoms with E-state index in [0.29, 0.717) is 12.5 Å². The van der Waals surface area contributed by atoms with Crippen LogP contribution in [0.15, 0.2) is 12.2 Å². The van der Waals surface area contributed by atoms with Crippen molar-refractivity contribution in [2.24, 2.45) is 17.8 Å². The number of allylic oxidation sites excluding steroid dienone is 2. The van der Waals surface area contributed by atoms with Crippen LogP contribution >= 0.6 is 0 Å². The maximum atomic E-state index is 11.6. The number of rotatable bonds is 2. The molecule has 1 N–H and O–H groups in total. The summed E-state index contributed by atoms with van der Waals surface area (Å²) in [6.45, 7) is 0.803. The van der Waals surface area contributed by atoms with E-state index in [4.69, 9.17) is 4.74 Å². The van der Waals surface area contributed by atoms with Crippen molar-refractivity contribution in [3.8, 4) is 0 Å². The van der Waals surface area contributed by atoms with Gasteiger partial charge in [0.25, 0.3) is 0 Å². The van der Waals surface area contributed by atoms with Gasteiger partial charge in [-0.05, 0) is 18.8 Å². The molecule has 2 fully saturated rings. The molecule has 3 aliphatic rings. The third-order valence-corrected chi connectivity index (χ3v) is 3.49. The zero-order valence-corrected chi connectivity index (χ0v) is 8.31. The van der Waals surface area contributed by atoms with Gasteiger partial charge < -0.3 is 4.74 Å². The Labute approximate surface area is 87.7 Å². The van der Waals surface area contributed by atoms with E-state index < -0.39 is 0 Å². The first-order chi connectivity index (χ1) is 7.25. The van der Waals surface area contributed by atoms with Crippen LogP contribution in [0.2, 0.25) is 0 Å². The molecule has 80 valence electrons. The van der Waals surface area contributed by atoms with Crippen molar-refractivity contribution in [1.29, 1.82) is 0 Å². The van der Waals surface area contributed by atoms with Gasteiger partial charge in [0, 0.05) is 0 Å². The molecule has 0 saturated carbocycles. The summed E-state index contributed by atoms with van der Waals surface area (Å²) in [6.07, 6.45) is 5.97. The predicted molar refractivity (Wildman–Crippen MR) is 51.7 cm³/mol. The molecule has 0 radical (unpaired) electrons. The van der Waals surface area contributed by atoms with E-state index in [0.717, 1.165) is 13.0 Å². The smallest absolute Gasteiger partial charge is 0.231 e. The number of ether oxygens (including phenoxy) is 1. The normalized spacial score (nSPS) is 42.7. The first-order valence-corrected chi connectivity index (χ1v) is 5.38. The summed E-state index contributed by atoms with van der Waals surface area (Å²) in [7, 11) is 0. The third kappa shape index (κ3) is 1.49. The maximum absolute atomic E-state index is 11.6. The second-order valence-corrected chi connectivity index (χ2v) is 4.50. The van der Waals surface area contributed by atoms with Crippen molar-refractivity contribution in [1.82, 2.24) is 5.32 Å². The van der Waals surface area contributed by atoms with E-state index in [9.17, 15) is 9.59 Å². The van der Waals surface area contributed by atoms with Crippen LogP contribution in [0.1, 0.15) is 12.8 Å². The van der Waals surface area contributed by atoms with Crippen LogP contribution in [0, 0.1) is 17.8 Å². The number of carbonyl (C=O) groups excluding carboxylic acids is 2. The van der Waals surface area contributed by atoms with Crippen LogP contribution in [-0.2, 0) is 14.3 Å². The fourth-order valence-electron chi connectivity index (χ4n) is 2.64. The molecule has 2 aliphatic heterocycles. The lowest BCUT2D eigenvalue weighted by Gasteiger charge is -2.25. The Hall–Kier alpha value is -1.16. The van der Waals surface area contributed by atoms with Crippen LogP contribution in [0.25, 0.3) is 0 Å². The molecule has 3 rings (SSSR count). The maximum Gasteiger partial charge on any atom is 0.231 e. The molecule has 1 aliphatic carbocycles. The Morgan fingerprint density at radius 3 is 2.93 bits per heavy atom. The molecule has 0 aromatic rings. The Morgan fingerprint density at radius 2 is 2.20 bits per heavy atom. The van der Waals surface area contributed by atoms with Gasteiger partial charge in [-0.25, -0.2) is 0 Å². The molecule has 15 heavy (non-hydrogen) atoms.